The monoisotopic (exact) mass is 334 g/mol. The first-order valence-corrected chi connectivity index (χ1v) is 7.65. The van der Waals surface area contributed by atoms with E-state index in [1.54, 1.807) is 18.2 Å². The van der Waals surface area contributed by atoms with Gasteiger partial charge in [0.05, 0.1) is 6.61 Å². The molecule has 0 spiro atoms. The highest BCUT2D eigenvalue weighted by Gasteiger charge is 2.19. The molecule has 1 unspecified atom stereocenters. The average molecular weight is 334 g/mol. The summed E-state index contributed by atoms with van der Waals surface area (Å²) in [6.07, 6.45) is 3.47. The van der Waals surface area contributed by atoms with E-state index in [2.05, 4.69) is 5.32 Å². The molecule has 1 rings (SSSR count). The number of hydrogen-bond donors (Lipinski definition) is 3. The van der Waals surface area contributed by atoms with Crippen molar-refractivity contribution in [2.45, 2.75) is 32.2 Å². The summed E-state index contributed by atoms with van der Waals surface area (Å²) in [5, 5.41) is 11.4. The fourth-order valence-electron chi connectivity index (χ4n) is 1.89. The number of amides is 2. The summed E-state index contributed by atoms with van der Waals surface area (Å²) in [6.45, 7) is 2.55. The number of rotatable bonds is 10. The molecule has 1 atom stereocenters. The van der Waals surface area contributed by atoms with Gasteiger partial charge in [-0.05, 0) is 25.0 Å². The number of primary amides is 1. The Morgan fingerprint density at radius 1 is 1.33 bits per heavy atom. The van der Waals surface area contributed by atoms with Crippen molar-refractivity contribution in [3.8, 4) is 5.75 Å². The smallest absolute Gasteiger partial charge is 0.326 e. The average Bonchev–Trinajstić information content (AvgIpc) is 2.55. The highest BCUT2D eigenvalue weighted by Crippen LogP contribution is 2.19. The Kier molecular flexibility index (Phi) is 8.04. The fraction of sp³-hybridized carbons (Fsp3) is 0.353. The zero-order chi connectivity index (χ0) is 17.9. The highest BCUT2D eigenvalue weighted by atomic mass is 16.5. The number of benzene rings is 1. The van der Waals surface area contributed by atoms with E-state index in [-0.39, 0.29) is 12.8 Å². The lowest BCUT2D eigenvalue weighted by molar-refractivity contribution is -0.141. The Morgan fingerprint density at radius 3 is 2.67 bits per heavy atom. The number of carbonyl (C=O) groups is 3. The van der Waals surface area contributed by atoms with E-state index in [0.29, 0.717) is 17.9 Å². The summed E-state index contributed by atoms with van der Waals surface area (Å²) >= 11 is 0. The highest BCUT2D eigenvalue weighted by molar-refractivity contribution is 5.94. The van der Waals surface area contributed by atoms with Gasteiger partial charge in [-0.25, -0.2) is 4.79 Å². The van der Waals surface area contributed by atoms with Gasteiger partial charge in [0.25, 0.3) is 0 Å². The maximum Gasteiger partial charge on any atom is 0.326 e. The second-order valence-electron chi connectivity index (χ2n) is 5.12. The third-order valence-corrected chi connectivity index (χ3v) is 3.09. The second-order valence-corrected chi connectivity index (χ2v) is 5.12. The molecule has 7 nitrogen and oxygen atoms in total. The Bertz CT molecular complexity index is 613. The van der Waals surface area contributed by atoms with Crippen molar-refractivity contribution in [3.05, 3.63) is 35.9 Å². The van der Waals surface area contributed by atoms with Crippen molar-refractivity contribution in [1.82, 2.24) is 5.32 Å². The van der Waals surface area contributed by atoms with Gasteiger partial charge in [0.2, 0.25) is 11.8 Å². The van der Waals surface area contributed by atoms with Gasteiger partial charge in [-0.15, -0.1) is 0 Å². The molecule has 0 fully saturated rings. The molecule has 0 heterocycles. The molecule has 0 aliphatic heterocycles. The molecule has 0 aromatic heterocycles. The number of nitrogens with two attached hydrogens (primary N) is 1. The molecule has 0 radical (unpaired) electrons. The second kappa shape index (κ2) is 10.0. The lowest BCUT2D eigenvalue weighted by atomic mass is 10.1. The van der Waals surface area contributed by atoms with E-state index < -0.39 is 23.8 Å². The lowest BCUT2D eigenvalue weighted by Crippen LogP contribution is -2.40. The molecule has 2 amide bonds. The Hall–Kier alpha value is -2.83. The van der Waals surface area contributed by atoms with E-state index in [0.717, 1.165) is 6.42 Å². The van der Waals surface area contributed by atoms with Gasteiger partial charge < -0.3 is 20.9 Å². The van der Waals surface area contributed by atoms with Gasteiger partial charge in [0.1, 0.15) is 11.8 Å². The van der Waals surface area contributed by atoms with Crippen molar-refractivity contribution in [2.24, 2.45) is 5.73 Å². The third-order valence-electron chi connectivity index (χ3n) is 3.09. The van der Waals surface area contributed by atoms with Crippen molar-refractivity contribution in [2.75, 3.05) is 6.61 Å². The predicted molar refractivity (Wildman–Crippen MR) is 89.3 cm³/mol. The summed E-state index contributed by atoms with van der Waals surface area (Å²) in [4.78, 5) is 33.7. The maximum atomic E-state index is 11.9. The summed E-state index contributed by atoms with van der Waals surface area (Å²) in [5.41, 5.74) is 5.70. The van der Waals surface area contributed by atoms with Crippen LogP contribution < -0.4 is 15.8 Å². The van der Waals surface area contributed by atoms with E-state index >= 15 is 0 Å². The minimum atomic E-state index is -1.22. The molecule has 0 saturated carbocycles. The topological polar surface area (TPSA) is 119 Å². The van der Waals surface area contributed by atoms with E-state index in [1.165, 1.54) is 6.08 Å². The quantitative estimate of drug-likeness (QED) is 0.558. The Morgan fingerprint density at radius 2 is 2.04 bits per heavy atom. The molecule has 7 heteroatoms. The number of hydrogen-bond acceptors (Lipinski definition) is 4. The Labute approximate surface area is 140 Å². The van der Waals surface area contributed by atoms with Crippen LogP contribution in [0.5, 0.6) is 5.75 Å². The maximum absolute atomic E-state index is 11.9. The van der Waals surface area contributed by atoms with Crippen LogP contribution in [0.15, 0.2) is 30.3 Å². The van der Waals surface area contributed by atoms with E-state index in [9.17, 15) is 14.4 Å². The first-order valence-electron chi connectivity index (χ1n) is 7.65. The van der Waals surface area contributed by atoms with Crippen molar-refractivity contribution in [1.29, 1.82) is 0 Å². The van der Waals surface area contributed by atoms with Crippen LogP contribution in [0.4, 0.5) is 0 Å². The SMILES string of the molecule is CCCOc1ccccc1/C=C/C(=O)NC(CCC(N)=O)C(=O)O. The largest absolute Gasteiger partial charge is 0.493 e. The summed E-state index contributed by atoms with van der Waals surface area (Å²) < 4.78 is 5.57. The minimum Gasteiger partial charge on any atom is -0.493 e. The first kappa shape index (κ1) is 19.2. The molecule has 0 aliphatic carbocycles. The van der Waals surface area contributed by atoms with Gasteiger partial charge in [-0.2, -0.15) is 0 Å². The first-order chi connectivity index (χ1) is 11.4. The number of ether oxygens (including phenoxy) is 1. The molecule has 1 aromatic carbocycles. The summed E-state index contributed by atoms with van der Waals surface area (Å²) in [7, 11) is 0. The number of aliphatic carboxylic acids is 1. The van der Waals surface area contributed by atoms with E-state index in [4.69, 9.17) is 15.6 Å². The normalized spacial score (nSPS) is 11.9. The van der Waals surface area contributed by atoms with Gasteiger partial charge >= 0.3 is 5.97 Å². The van der Waals surface area contributed by atoms with Crippen LogP contribution in [0.2, 0.25) is 0 Å². The molecular weight excluding hydrogens is 312 g/mol. The standard InChI is InChI=1S/C17H22N2O5/c1-2-11-24-14-6-4-3-5-12(14)7-10-16(21)19-13(17(22)23)8-9-15(18)20/h3-7,10,13H,2,8-9,11H2,1H3,(H2,18,20)(H,19,21)(H,22,23)/b10-7+. The predicted octanol–water partition coefficient (Wildman–Crippen LogP) is 1.32. The lowest BCUT2D eigenvalue weighted by Gasteiger charge is -2.12. The van der Waals surface area contributed by atoms with Crippen LogP contribution in [0.3, 0.4) is 0 Å². The third kappa shape index (κ3) is 6.95. The summed E-state index contributed by atoms with van der Waals surface area (Å²) in [5.74, 6) is -1.76. The fourth-order valence-corrected chi connectivity index (χ4v) is 1.89. The zero-order valence-electron chi connectivity index (χ0n) is 13.5. The number of carboxylic acid groups (broad SMARTS) is 1. The molecular formula is C17H22N2O5. The van der Waals surface area contributed by atoms with E-state index in [1.807, 2.05) is 19.1 Å². The van der Waals surface area contributed by atoms with Crippen molar-refractivity contribution in [3.63, 3.8) is 0 Å². The number of para-hydroxylation sites is 1. The molecule has 0 aliphatic rings. The molecule has 4 N–H and O–H groups in total. The van der Waals surface area contributed by atoms with Gasteiger partial charge in [0.15, 0.2) is 0 Å². The Balaban J connectivity index is 2.70. The number of carboxylic acids is 1. The van der Waals surface area contributed by atoms with Crippen LogP contribution >= 0.6 is 0 Å². The van der Waals surface area contributed by atoms with Gasteiger partial charge in [-0.1, -0.05) is 25.1 Å². The van der Waals surface area contributed by atoms with Gasteiger partial charge in [0, 0.05) is 18.1 Å². The van der Waals surface area contributed by atoms with Crippen LogP contribution in [0.1, 0.15) is 31.7 Å². The van der Waals surface area contributed by atoms with Crippen molar-refractivity contribution >= 4 is 23.9 Å². The number of carbonyl (C=O) groups excluding carboxylic acids is 2. The van der Waals surface area contributed by atoms with Gasteiger partial charge in [-0.3, -0.25) is 9.59 Å². The minimum absolute atomic E-state index is 0.0551. The van der Waals surface area contributed by atoms with Crippen LogP contribution in [-0.4, -0.2) is 35.5 Å². The van der Waals surface area contributed by atoms with Crippen LogP contribution in [-0.2, 0) is 14.4 Å². The summed E-state index contributed by atoms with van der Waals surface area (Å²) in [6, 6.07) is 6.05. The zero-order valence-corrected chi connectivity index (χ0v) is 13.5. The molecule has 130 valence electrons. The molecule has 24 heavy (non-hydrogen) atoms. The molecule has 1 aromatic rings. The molecule has 0 saturated heterocycles. The van der Waals surface area contributed by atoms with Crippen LogP contribution in [0.25, 0.3) is 6.08 Å². The number of nitrogens with one attached hydrogen (secondary N) is 1. The van der Waals surface area contributed by atoms with Crippen LogP contribution in [0, 0.1) is 0 Å². The van der Waals surface area contributed by atoms with Crippen molar-refractivity contribution < 1.29 is 24.2 Å². The molecule has 0 bridgehead atoms.